The molecular weight excluding hydrogens is 139 g/mol. The fourth-order valence-electron chi connectivity index (χ4n) is 0.291. The van der Waals surface area contributed by atoms with E-state index in [4.69, 9.17) is 0 Å². The standard InChI is InChI=1S/C6H9FO3/c1-2-4-9-6(8)10-5-3-7/h2H,1,3-5H2. The SMILES string of the molecule is C=CCOC(=O)OCCF. The number of carbonyl (C=O) groups is 1. The smallest absolute Gasteiger partial charge is 0.432 e. The topological polar surface area (TPSA) is 35.5 Å². The maximum atomic E-state index is 11.3. The lowest BCUT2D eigenvalue weighted by Gasteiger charge is -2.00. The molecule has 58 valence electrons. The van der Waals surface area contributed by atoms with Crippen molar-refractivity contribution in [3.05, 3.63) is 12.7 Å². The van der Waals surface area contributed by atoms with Crippen LogP contribution >= 0.6 is 0 Å². The second-order valence-corrected chi connectivity index (χ2v) is 1.39. The van der Waals surface area contributed by atoms with E-state index in [0.717, 1.165) is 0 Å². The van der Waals surface area contributed by atoms with Gasteiger partial charge in [0.2, 0.25) is 0 Å². The average molecular weight is 148 g/mol. The number of hydrogen-bond acceptors (Lipinski definition) is 3. The van der Waals surface area contributed by atoms with Gasteiger partial charge in [-0.25, -0.2) is 9.18 Å². The highest BCUT2D eigenvalue weighted by Crippen LogP contribution is 1.85. The number of rotatable bonds is 4. The molecule has 0 N–H and O–H groups in total. The summed E-state index contributed by atoms with van der Waals surface area (Å²) in [6, 6.07) is 0. The molecule has 4 heteroatoms. The first kappa shape index (κ1) is 8.94. The fraction of sp³-hybridized carbons (Fsp3) is 0.500. The molecular formula is C6H9FO3. The Kier molecular flexibility index (Phi) is 5.42. The highest BCUT2D eigenvalue weighted by atomic mass is 19.1. The number of hydrogen-bond donors (Lipinski definition) is 0. The van der Waals surface area contributed by atoms with Crippen LogP contribution in [0.2, 0.25) is 0 Å². The first-order chi connectivity index (χ1) is 4.81. The Morgan fingerprint density at radius 3 is 2.80 bits per heavy atom. The van der Waals surface area contributed by atoms with E-state index in [2.05, 4.69) is 16.1 Å². The largest absolute Gasteiger partial charge is 0.508 e. The van der Waals surface area contributed by atoms with Crippen LogP contribution in [0, 0.1) is 0 Å². The van der Waals surface area contributed by atoms with Crippen molar-refractivity contribution < 1.29 is 18.7 Å². The van der Waals surface area contributed by atoms with E-state index in [1.54, 1.807) is 0 Å². The summed E-state index contributed by atoms with van der Waals surface area (Å²) >= 11 is 0. The van der Waals surface area contributed by atoms with Crippen molar-refractivity contribution in [2.45, 2.75) is 0 Å². The Hall–Kier alpha value is -1.06. The Balaban J connectivity index is 3.16. The van der Waals surface area contributed by atoms with Crippen LogP contribution in [-0.2, 0) is 9.47 Å². The zero-order valence-corrected chi connectivity index (χ0v) is 5.51. The summed E-state index contributed by atoms with van der Waals surface area (Å²) in [4.78, 5) is 10.3. The molecule has 0 atom stereocenters. The number of carbonyl (C=O) groups excluding carboxylic acids is 1. The Morgan fingerprint density at radius 2 is 2.30 bits per heavy atom. The third-order valence-electron chi connectivity index (χ3n) is 0.616. The second-order valence-electron chi connectivity index (χ2n) is 1.39. The Bertz CT molecular complexity index is 114. The van der Waals surface area contributed by atoms with E-state index in [1.807, 2.05) is 0 Å². The molecule has 0 aromatic carbocycles. The van der Waals surface area contributed by atoms with Gasteiger partial charge in [-0.05, 0) is 0 Å². The van der Waals surface area contributed by atoms with Crippen molar-refractivity contribution in [3.63, 3.8) is 0 Å². The van der Waals surface area contributed by atoms with E-state index in [0.29, 0.717) is 0 Å². The molecule has 0 saturated heterocycles. The highest BCUT2D eigenvalue weighted by Gasteiger charge is 1.99. The van der Waals surface area contributed by atoms with E-state index in [1.165, 1.54) is 6.08 Å². The lowest BCUT2D eigenvalue weighted by molar-refractivity contribution is 0.0589. The summed E-state index contributed by atoms with van der Waals surface area (Å²) in [7, 11) is 0. The van der Waals surface area contributed by atoms with Gasteiger partial charge in [-0.3, -0.25) is 0 Å². The molecule has 0 unspecified atom stereocenters. The molecule has 0 spiro atoms. The van der Waals surface area contributed by atoms with Gasteiger partial charge < -0.3 is 9.47 Å². The summed E-state index contributed by atoms with van der Waals surface area (Å²) in [5.74, 6) is 0. The van der Waals surface area contributed by atoms with E-state index >= 15 is 0 Å². The Labute approximate surface area is 58.4 Å². The minimum Gasteiger partial charge on any atom is -0.432 e. The summed E-state index contributed by atoms with van der Waals surface area (Å²) in [5.41, 5.74) is 0. The van der Waals surface area contributed by atoms with E-state index in [-0.39, 0.29) is 13.2 Å². The van der Waals surface area contributed by atoms with Crippen LogP contribution in [0.1, 0.15) is 0 Å². The van der Waals surface area contributed by atoms with Gasteiger partial charge in [-0.2, -0.15) is 0 Å². The maximum absolute atomic E-state index is 11.3. The molecule has 0 bridgehead atoms. The first-order valence-corrected chi connectivity index (χ1v) is 2.77. The molecule has 0 heterocycles. The molecule has 0 aliphatic carbocycles. The molecule has 0 fully saturated rings. The molecule has 10 heavy (non-hydrogen) atoms. The molecule has 0 aliphatic rings. The van der Waals surface area contributed by atoms with Crippen molar-refractivity contribution >= 4 is 6.16 Å². The van der Waals surface area contributed by atoms with Crippen molar-refractivity contribution in [1.82, 2.24) is 0 Å². The second kappa shape index (κ2) is 6.07. The van der Waals surface area contributed by atoms with Crippen molar-refractivity contribution in [2.24, 2.45) is 0 Å². The van der Waals surface area contributed by atoms with Crippen molar-refractivity contribution in [3.8, 4) is 0 Å². The van der Waals surface area contributed by atoms with Gasteiger partial charge in [0.25, 0.3) is 0 Å². The zero-order valence-electron chi connectivity index (χ0n) is 5.51. The van der Waals surface area contributed by atoms with Crippen LogP contribution in [0.4, 0.5) is 9.18 Å². The number of halogens is 1. The summed E-state index contributed by atoms with van der Waals surface area (Å²) < 4.78 is 19.9. The molecule has 0 amide bonds. The van der Waals surface area contributed by atoms with E-state index < -0.39 is 12.8 Å². The molecule has 0 rings (SSSR count). The molecule has 0 radical (unpaired) electrons. The van der Waals surface area contributed by atoms with Gasteiger partial charge in [0.1, 0.15) is 19.9 Å². The van der Waals surface area contributed by atoms with Gasteiger partial charge in [-0.1, -0.05) is 12.7 Å². The van der Waals surface area contributed by atoms with Gasteiger partial charge in [-0.15, -0.1) is 0 Å². The van der Waals surface area contributed by atoms with Gasteiger partial charge in [0.15, 0.2) is 0 Å². The van der Waals surface area contributed by atoms with Crippen LogP contribution in [0.25, 0.3) is 0 Å². The quantitative estimate of drug-likeness (QED) is 0.445. The van der Waals surface area contributed by atoms with Gasteiger partial charge >= 0.3 is 6.16 Å². The first-order valence-electron chi connectivity index (χ1n) is 2.77. The van der Waals surface area contributed by atoms with Crippen LogP contribution in [-0.4, -0.2) is 26.0 Å². The van der Waals surface area contributed by atoms with Crippen molar-refractivity contribution in [2.75, 3.05) is 19.9 Å². The minimum absolute atomic E-state index is 0.0884. The van der Waals surface area contributed by atoms with Crippen LogP contribution in [0.5, 0.6) is 0 Å². The lowest BCUT2D eigenvalue weighted by atomic mass is 10.7. The fourth-order valence-corrected chi connectivity index (χ4v) is 0.291. The monoisotopic (exact) mass is 148 g/mol. The van der Waals surface area contributed by atoms with Crippen LogP contribution in [0.3, 0.4) is 0 Å². The van der Waals surface area contributed by atoms with Crippen LogP contribution in [0.15, 0.2) is 12.7 Å². The van der Waals surface area contributed by atoms with E-state index in [9.17, 15) is 9.18 Å². The molecule has 0 aliphatic heterocycles. The predicted molar refractivity (Wildman–Crippen MR) is 33.5 cm³/mol. The summed E-state index contributed by atoms with van der Waals surface area (Å²) in [6.07, 6.45) is 0.536. The molecule has 0 aromatic heterocycles. The average Bonchev–Trinajstić information content (AvgIpc) is 1.97. The lowest BCUT2D eigenvalue weighted by Crippen LogP contribution is -2.08. The predicted octanol–water partition coefficient (Wildman–Crippen LogP) is 1.30. The van der Waals surface area contributed by atoms with Crippen LogP contribution < -0.4 is 0 Å². The molecule has 0 aromatic rings. The number of alkyl halides is 1. The highest BCUT2D eigenvalue weighted by molar-refractivity contribution is 5.59. The normalized spacial score (nSPS) is 8.50. The molecule has 0 saturated carbocycles. The van der Waals surface area contributed by atoms with Gasteiger partial charge in [0, 0.05) is 0 Å². The third kappa shape index (κ3) is 5.08. The van der Waals surface area contributed by atoms with Crippen molar-refractivity contribution in [1.29, 1.82) is 0 Å². The zero-order chi connectivity index (χ0) is 7.82. The third-order valence-corrected chi connectivity index (χ3v) is 0.616. The molecule has 3 nitrogen and oxygen atoms in total. The number of ether oxygens (including phenoxy) is 2. The summed E-state index contributed by atoms with van der Waals surface area (Å²) in [6.45, 7) is 2.45. The maximum Gasteiger partial charge on any atom is 0.508 e. The van der Waals surface area contributed by atoms with Gasteiger partial charge in [0.05, 0.1) is 0 Å². The minimum atomic E-state index is -0.863. The Morgan fingerprint density at radius 1 is 1.60 bits per heavy atom. The summed E-state index contributed by atoms with van der Waals surface area (Å²) in [5, 5.41) is 0.